The predicted molar refractivity (Wildman–Crippen MR) is 80.5 cm³/mol. The normalized spacial score (nSPS) is 22.1. The Morgan fingerprint density at radius 2 is 2.13 bits per heavy atom. The average Bonchev–Trinajstić information content (AvgIpc) is 2.85. The van der Waals surface area contributed by atoms with Gasteiger partial charge in [0.2, 0.25) is 5.91 Å². The maximum atomic E-state index is 12.2. The van der Waals surface area contributed by atoms with Gasteiger partial charge in [-0.05, 0) is 24.7 Å². The number of likely N-dealkylation sites (N-methyl/N-ethyl adjacent to an activating group) is 1. The van der Waals surface area contributed by atoms with Crippen molar-refractivity contribution in [3.05, 3.63) is 29.8 Å². The second-order valence-corrected chi connectivity index (χ2v) is 5.89. The smallest absolute Gasteiger partial charge is 0.389 e. The standard InChI is InChI=1S/C16H21F3N2O2/c1-21-9-13(11-4-3-5-12(8-11)23-2)14(10-21)20-15(22)6-7-16(17,18)19/h3-5,8,13-14H,6-7,9-10H2,1-2H3,(H,20,22)/t13-,14+/m0/s1. The van der Waals surface area contributed by atoms with Crippen molar-refractivity contribution in [2.45, 2.75) is 31.0 Å². The van der Waals surface area contributed by atoms with E-state index in [0.29, 0.717) is 6.54 Å². The van der Waals surface area contributed by atoms with Crippen molar-refractivity contribution in [3.8, 4) is 5.75 Å². The molecule has 0 spiro atoms. The lowest BCUT2D eigenvalue weighted by atomic mass is 9.94. The van der Waals surface area contributed by atoms with Gasteiger partial charge in [-0.25, -0.2) is 0 Å². The number of nitrogens with one attached hydrogen (secondary N) is 1. The van der Waals surface area contributed by atoms with Crippen LogP contribution in [-0.4, -0.2) is 50.3 Å². The number of rotatable bonds is 5. The van der Waals surface area contributed by atoms with Gasteiger partial charge in [-0.2, -0.15) is 13.2 Å². The van der Waals surface area contributed by atoms with Crippen molar-refractivity contribution < 1.29 is 22.7 Å². The highest BCUT2D eigenvalue weighted by atomic mass is 19.4. The number of halogens is 3. The second-order valence-electron chi connectivity index (χ2n) is 5.89. The Labute approximate surface area is 133 Å². The van der Waals surface area contributed by atoms with Gasteiger partial charge >= 0.3 is 6.18 Å². The van der Waals surface area contributed by atoms with E-state index in [0.717, 1.165) is 17.9 Å². The van der Waals surface area contributed by atoms with Crippen molar-refractivity contribution in [3.63, 3.8) is 0 Å². The minimum atomic E-state index is -4.31. The summed E-state index contributed by atoms with van der Waals surface area (Å²) in [5, 5.41) is 2.75. The lowest BCUT2D eigenvalue weighted by molar-refractivity contribution is -0.144. The maximum absolute atomic E-state index is 12.2. The van der Waals surface area contributed by atoms with Crippen molar-refractivity contribution in [1.82, 2.24) is 10.2 Å². The highest BCUT2D eigenvalue weighted by Gasteiger charge is 2.34. The number of nitrogens with zero attached hydrogens (tertiary/aromatic N) is 1. The van der Waals surface area contributed by atoms with Crippen molar-refractivity contribution in [2.75, 3.05) is 27.2 Å². The van der Waals surface area contributed by atoms with Crippen LogP contribution in [0.2, 0.25) is 0 Å². The van der Waals surface area contributed by atoms with E-state index in [1.807, 2.05) is 31.3 Å². The van der Waals surface area contributed by atoms with Crippen LogP contribution in [0.15, 0.2) is 24.3 Å². The molecule has 4 nitrogen and oxygen atoms in total. The topological polar surface area (TPSA) is 41.6 Å². The SMILES string of the molecule is COc1cccc([C@@H]2CN(C)C[C@H]2NC(=O)CCC(F)(F)F)c1. The minimum absolute atomic E-state index is 0.0323. The number of benzene rings is 1. The number of methoxy groups -OCH3 is 1. The zero-order valence-corrected chi connectivity index (χ0v) is 13.2. The lowest BCUT2D eigenvalue weighted by Gasteiger charge is -2.21. The van der Waals surface area contributed by atoms with Gasteiger partial charge in [0.25, 0.3) is 0 Å². The van der Waals surface area contributed by atoms with Gasteiger partial charge in [-0.15, -0.1) is 0 Å². The fraction of sp³-hybridized carbons (Fsp3) is 0.562. The first-order valence-electron chi connectivity index (χ1n) is 7.47. The molecule has 7 heteroatoms. The molecule has 1 aliphatic rings. The third-order valence-corrected chi connectivity index (χ3v) is 4.01. The van der Waals surface area contributed by atoms with Gasteiger partial charge < -0.3 is 15.0 Å². The zero-order valence-electron chi connectivity index (χ0n) is 13.2. The Morgan fingerprint density at radius 3 is 2.78 bits per heavy atom. The predicted octanol–water partition coefficient (Wildman–Crippen LogP) is 2.55. The molecule has 1 aromatic rings. The quantitative estimate of drug-likeness (QED) is 0.902. The molecule has 1 heterocycles. The van der Waals surface area contributed by atoms with Gasteiger partial charge in [0.05, 0.1) is 13.5 Å². The number of hydrogen-bond acceptors (Lipinski definition) is 3. The monoisotopic (exact) mass is 330 g/mol. The molecule has 0 unspecified atom stereocenters. The summed E-state index contributed by atoms with van der Waals surface area (Å²) in [6.45, 7) is 1.34. The summed E-state index contributed by atoms with van der Waals surface area (Å²) in [5.41, 5.74) is 1.01. The summed E-state index contributed by atoms with van der Waals surface area (Å²) in [6, 6.07) is 7.35. The first kappa shape index (κ1) is 17.6. The number of carbonyl (C=O) groups excluding carboxylic acids is 1. The van der Waals surface area contributed by atoms with Crippen molar-refractivity contribution in [2.24, 2.45) is 0 Å². The first-order valence-corrected chi connectivity index (χ1v) is 7.47. The van der Waals surface area contributed by atoms with E-state index in [2.05, 4.69) is 10.2 Å². The first-order chi connectivity index (χ1) is 10.8. The lowest BCUT2D eigenvalue weighted by Crippen LogP contribution is -2.39. The Bertz CT molecular complexity index is 548. The van der Waals surface area contributed by atoms with E-state index in [-0.39, 0.29) is 12.0 Å². The zero-order chi connectivity index (χ0) is 17.0. The van der Waals surface area contributed by atoms with Crippen LogP contribution < -0.4 is 10.1 Å². The molecule has 1 amide bonds. The number of amides is 1. The Hall–Kier alpha value is -1.76. The van der Waals surface area contributed by atoms with Crippen molar-refractivity contribution in [1.29, 1.82) is 0 Å². The van der Waals surface area contributed by atoms with Crippen LogP contribution in [-0.2, 0) is 4.79 Å². The van der Waals surface area contributed by atoms with Crippen LogP contribution in [0.25, 0.3) is 0 Å². The van der Waals surface area contributed by atoms with E-state index < -0.39 is 24.9 Å². The van der Waals surface area contributed by atoms with Gasteiger partial charge in [0, 0.05) is 31.5 Å². The molecule has 2 rings (SSSR count). The number of likely N-dealkylation sites (tertiary alicyclic amines) is 1. The Morgan fingerprint density at radius 1 is 1.39 bits per heavy atom. The van der Waals surface area contributed by atoms with E-state index in [1.165, 1.54) is 0 Å². The number of alkyl halides is 3. The molecule has 2 atom stereocenters. The number of hydrogen-bond donors (Lipinski definition) is 1. The highest BCUT2D eigenvalue weighted by molar-refractivity contribution is 5.76. The summed E-state index contributed by atoms with van der Waals surface area (Å²) in [4.78, 5) is 13.9. The molecule has 1 aliphatic heterocycles. The van der Waals surface area contributed by atoms with E-state index in [1.54, 1.807) is 7.11 Å². The summed E-state index contributed by atoms with van der Waals surface area (Å²) in [6.07, 6.45) is -5.93. The molecule has 1 saturated heterocycles. The summed E-state index contributed by atoms with van der Waals surface area (Å²) < 4.78 is 41.9. The molecular formula is C16H21F3N2O2. The van der Waals surface area contributed by atoms with Crippen LogP contribution in [0, 0.1) is 0 Å². The molecule has 0 radical (unpaired) electrons. The third kappa shape index (κ3) is 5.13. The van der Waals surface area contributed by atoms with Crippen molar-refractivity contribution >= 4 is 5.91 Å². The van der Waals surface area contributed by atoms with Gasteiger partial charge in [-0.1, -0.05) is 12.1 Å². The van der Waals surface area contributed by atoms with Gasteiger partial charge in [0.1, 0.15) is 5.75 Å². The van der Waals surface area contributed by atoms with Crippen LogP contribution in [0.1, 0.15) is 24.3 Å². The molecule has 1 N–H and O–H groups in total. The molecule has 23 heavy (non-hydrogen) atoms. The third-order valence-electron chi connectivity index (χ3n) is 4.01. The number of carbonyl (C=O) groups is 1. The second kappa shape index (κ2) is 7.21. The molecule has 0 saturated carbocycles. The summed E-state index contributed by atoms with van der Waals surface area (Å²) >= 11 is 0. The van der Waals surface area contributed by atoms with Gasteiger partial charge in [0.15, 0.2) is 0 Å². The average molecular weight is 330 g/mol. The molecular weight excluding hydrogens is 309 g/mol. The van der Waals surface area contributed by atoms with Gasteiger partial charge in [-0.3, -0.25) is 4.79 Å². The molecule has 0 bridgehead atoms. The Kier molecular flexibility index (Phi) is 5.51. The van der Waals surface area contributed by atoms with Crippen LogP contribution in [0.4, 0.5) is 13.2 Å². The van der Waals surface area contributed by atoms with E-state index >= 15 is 0 Å². The molecule has 1 aromatic carbocycles. The van der Waals surface area contributed by atoms with E-state index in [4.69, 9.17) is 4.74 Å². The van der Waals surface area contributed by atoms with Crippen LogP contribution in [0.3, 0.4) is 0 Å². The molecule has 128 valence electrons. The highest BCUT2D eigenvalue weighted by Crippen LogP contribution is 2.29. The summed E-state index contributed by atoms with van der Waals surface area (Å²) in [7, 11) is 3.51. The fourth-order valence-electron chi connectivity index (χ4n) is 2.89. The summed E-state index contributed by atoms with van der Waals surface area (Å²) in [5.74, 6) is 0.194. The minimum Gasteiger partial charge on any atom is -0.497 e. The van der Waals surface area contributed by atoms with Crippen LogP contribution >= 0.6 is 0 Å². The largest absolute Gasteiger partial charge is 0.497 e. The van der Waals surface area contributed by atoms with E-state index in [9.17, 15) is 18.0 Å². The molecule has 0 aromatic heterocycles. The Balaban J connectivity index is 2.03. The maximum Gasteiger partial charge on any atom is 0.389 e. The van der Waals surface area contributed by atoms with Crippen LogP contribution in [0.5, 0.6) is 5.75 Å². The molecule has 1 fully saturated rings. The fourth-order valence-corrected chi connectivity index (χ4v) is 2.89. The molecule has 0 aliphatic carbocycles. The number of ether oxygens (including phenoxy) is 1.